The molecule has 0 radical (unpaired) electrons. The summed E-state index contributed by atoms with van der Waals surface area (Å²) < 4.78 is 25.2. The molecule has 0 saturated carbocycles. The molecule has 8 nitrogen and oxygen atoms in total. The minimum atomic E-state index is -0.604. The molecule has 0 atom stereocenters. The zero-order valence-electron chi connectivity index (χ0n) is 20.8. The van der Waals surface area contributed by atoms with E-state index in [1.165, 1.54) is 0 Å². The van der Waals surface area contributed by atoms with Crippen LogP contribution in [0.25, 0.3) is 0 Å². The van der Waals surface area contributed by atoms with E-state index >= 15 is 0 Å². The summed E-state index contributed by atoms with van der Waals surface area (Å²) >= 11 is 0.523. The first kappa shape index (κ1) is 29.0. The van der Waals surface area contributed by atoms with Crippen molar-refractivity contribution in [3.8, 4) is 17.2 Å². The van der Waals surface area contributed by atoms with Crippen LogP contribution < -0.4 is 13.7 Å². The Morgan fingerprint density at radius 2 is 1.59 bits per heavy atom. The Labute approximate surface area is 220 Å². The summed E-state index contributed by atoms with van der Waals surface area (Å²) in [7, 11) is 3.22. The molecule has 0 heterocycles. The van der Waals surface area contributed by atoms with Gasteiger partial charge in [0.15, 0.2) is 0 Å². The Balaban J connectivity index is 0.000000402. The molecule has 0 saturated heterocycles. The highest BCUT2D eigenvalue weighted by molar-refractivity contribution is 7.90. The van der Waals surface area contributed by atoms with Crippen molar-refractivity contribution in [2.45, 2.75) is 13.3 Å². The van der Waals surface area contributed by atoms with Gasteiger partial charge in [0.05, 0.1) is 26.4 Å². The molecule has 0 N–H and O–H groups in total. The van der Waals surface area contributed by atoms with Gasteiger partial charge in [-0.2, -0.15) is 0 Å². The lowest BCUT2D eigenvalue weighted by molar-refractivity contribution is -0.127. The van der Waals surface area contributed by atoms with Crippen molar-refractivity contribution in [2.24, 2.45) is 0 Å². The first-order valence-corrected chi connectivity index (χ1v) is 11.7. The van der Waals surface area contributed by atoms with Crippen LogP contribution in [0.5, 0.6) is 17.2 Å². The van der Waals surface area contributed by atoms with E-state index in [2.05, 4.69) is 10.8 Å². The highest BCUT2D eigenvalue weighted by atomic mass is 32.2. The van der Waals surface area contributed by atoms with E-state index in [1.54, 1.807) is 62.8 Å². The SMILES string of the molecule is C=CC(=O)OSOc1ccc(C(=O)OCCc2ccc(OC)c(C)c2)cc1.COc1ccc(C=O)cc1. The van der Waals surface area contributed by atoms with Crippen LogP contribution in [0.15, 0.2) is 79.4 Å². The number of hydrogen-bond donors (Lipinski definition) is 0. The summed E-state index contributed by atoms with van der Waals surface area (Å²) in [4.78, 5) is 33.1. The number of aldehydes is 1. The van der Waals surface area contributed by atoms with E-state index in [4.69, 9.17) is 18.4 Å². The van der Waals surface area contributed by atoms with Crippen LogP contribution in [0, 0.1) is 6.92 Å². The molecular formula is C28H28O8S. The van der Waals surface area contributed by atoms with Crippen LogP contribution in [0.2, 0.25) is 0 Å². The molecule has 0 aliphatic rings. The summed E-state index contributed by atoms with van der Waals surface area (Å²) in [5, 5.41) is 0. The third kappa shape index (κ3) is 10.1. The zero-order valence-corrected chi connectivity index (χ0v) is 21.6. The van der Waals surface area contributed by atoms with Crippen molar-refractivity contribution in [1.29, 1.82) is 0 Å². The highest BCUT2D eigenvalue weighted by Crippen LogP contribution is 2.20. The number of rotatable bonds is 11. The van der Waals surface area contributed by atoms with Crippen LogP contribution in [-0.4, -0.2) is 39.1 Å². The quantitative estimate of drug-likeness (QED) is 0.138. The number of carbonyl (C=O) groups is 3. The molecule has 3 aromatic rings. The lowest BCUT2D eigenvalue weighted by Gasteiger charge is -2.08. The topological polar surface area (TPSA) is 97.4 Å². The van der Waals surface area contributed by atoms with Gasteiger partial charge in [0.25, 0.3) is 12.3 Å². The molecule has 3 rings (SSSR count). The third-order valence-corrected chi connectivity index (χ3v) is 5.33. The van der Waals surface area contributed by atoms with E-state index in [-0.39, 0.29) is 6.61 Å². The van der Waals surface area contributed by atoms with Crippen LogP contribution >= 0.6 is 12.3 Å². The van der Waals surface area contributed by atoms with Crippen molar-refractivity contribution in [3.05, 3.63) is 102 Å². The number of carbonyl (C=O) groups excluding carboxylic acids is 3. The van der Waals surface area contributed by atoms with Gasteiger partial charge in [0.2, 0.25) is 0 Å². The molecule has 0 amide bonds. The summed E-state index contributed by atoms with van der Waals surface area (Å²) in [6, 6.07) is 19.1. The van der Waals surface area contributed by atoms with Crippen LogP contribution in [-0.2, 0) is 20.1 Å². The summed E-state index contributed by atoms with van der Waals surface area (Å²) in [6.07, 6.45) is 2.45. The fraction of sp³-hybridized carbons (Fsp3) is 0.179. The van der Waals surface area contributed by atoms with Gasteiger partial charge in [-0.1, -0.05) is 18.7 Å². The second kappa shape index (κ2) is 15.7. The Morgan fingerprint density at radius 3 is 2.16 bits per heavy atom. The monoisotopic (exact) mass is 524 g/mol. The van der Waals surface area contributed by atoms with Gasteiger partial charge in [0.1, 0.15) is 23.5 Å². The predicted octanol–water partition coefficient (Wildman–Crippen LogP) is 5.58. The minimum Gasteiger partial charge on any atom is -0.497 e. The van der Waals surface area contributed by atoms with E-state index < -0.39 is 11.9 Å². The second-order valence-corrected chi connectivity index (χ2v) is 7.83. The van der Waals surface area contributed by atoms with Crippen molar-refractivity contribution in [1.82, 2.24) is 0 Å². The van der Waals surface area contributed by atoms with Gasteiger partial charge >= 0.3 is 11.9 Å². The highest BCUT2D eigenvalue weighted by Gasteiger charge is 2.09. The van der Waals surface area contributed by atoms with E-state index in [9.17, 15) is 14.4 Å². The normalized spacial score (nSPS) is 9.70. The standard InChI is InChI=1S/C20H20O6S.C8H8O2/c1-4-19(21)26-27-25-17-8-6-16(7-9-17)20(22)24-12-11-15-5-10-18(23-3)14(2)13-15;1-10-8-4-2-7(6-9)3-5-8/h4-10,13H,1,11-12H2,2-3H3;2-6H,1H3. The number of ether oxygens (including phenoxy) is 3. The van der Waals surface area contributed by atoms with E-state index in [1.807, 2.05) is 25.1 Å². The van der Waals surface area contributed by atoms with Crippen LogP contribution in [0.3, 0.4) is 0 Å². The van der Waals surface area contributed by atoms with Gasteiger partial charge in [0, 0.05) is 18.1 Å². The molecule has 0 fully saturated rings. The largest absolute Gasteiger partial charge is 0.497 e. The average molecular weight is 525 g/mol. The average Bonchev–Trinajstić information content (AvgIpc) is 2.93. The molecule has 37 heavy (non-hydrogen) atoms. The zero-order chi connectivity index (χ0) is 27.0. The summed E-state index contributed by atoms with van der Waals surface area (Å²) in [6.45, 7) is 5.51. The van der Waals surface area contributed by atoms with Crippen molar-refractivity contribution < 1.29 is 37.0 Å². The van der Waals surface area contributed by atoms with Gasteiger partial charge in [-0.15, -0.1) is 0 Å². The third-order valence-electron chi connectivity index (χ3n) is 4.84. The smallest absolute Gasteiger partial charge is 0.344 e. The summed E-state index contributed by atoms with van der Waals surface area (Å²) in [5.41, 5.74) is 3.17. The van der Waals surface area contributed by atoms with Gasteiger partial charge in [-0.25, -0.2) is 9.59 Å². The minimum absolute atomic E-state index is 0.274. The fourth-order valence-electron chi connectivity index (χ4n) is 2.89. The maximum atomic E-state index is 12.1. The molecule has 0 aliphatic heterocycles. The first-order chi connectivity index (χ1) is 17.9. The second-order valence-electron chi connectivity index (χ2n) is 7.36. The Bertz CT molecular complexity index is 1170. The van der Waals surface area contributed by atoms with Crippen LogP contribution in [0.1, 0.15) is 31.8 Å². The van der Waals surface area contributed by atoms with Gasteiger partial charge < -0.3 is 22.6 Å². The number of benzene rings is 3. The Hall–Kier alpha value is -4.24. The molecule has 0 aliphatic carbocycles. The lowest BCUT2D eigenvalue weighted by atomic mass is 10.1. The maximum Gasteiger partial charge on any atom is 0.344 e. The molecule has 0 spiro atoms. The lowest BCUT2D eigenvalue weighted by Crippen LogP contribution is -2.08. The Morgan fingerprint density at radius 1 is 0.919 bits per heavy atom. The van der Waals surface area contributed by atoms with Crippen molar-refractivity contribution in [3.63, 3.8) is 0 Å². The van der Waals surface area contributed by atoms with Gasteiger partial charge in [-0.05, 0) is 72.6 Å². The molecule has 0 unspecified atom stereocenters. The molecule has 194 valence electrons. The molecule has 3 aromatic carbocycles. The number of aryl methyl sites for hydroxylation is 1. The van der Waals surface area contributed by atoms with E-state index in [0.29, 0.717) is 35.6 Å². The number of hydrogen-bond acceptors (Lipinski definition) is 9. The number of esters is 1. The molecule has 9 heteroatoms. The molecule has 0 bridgehead atoms. The first-order valence-electron chi connectivity index (χ1n) is 11.1. The van der Waals surface area contributed by atoms with Crippen LogP contribution in [0.4, 0.5) is 0 Å². The predicted molar refractivity (Wildman–Crippen MR) is 141 cm³/mol. The fourth-order valence-corrected chi connectivity index (χ4v) is 3.25. The van der Waals surface area contributed by atoms with E-state index in [0.717, 1.165) is 35.0 Å². The van der Waals surface area contributed by atoms with Crippen molar-refractivity contribution >= 4 is 30.5 Å². The summed E-state index contributed by atoms with van der Waals surface area (Å²) in [5.74, 6) is 1.01. The molecule has 0 aromatic heterocycles. The molecular weight excluding hydrogens is 496 g/mol. The van der Waals surface area contributed by atoms with Gasteiger partial charge in [-0.3, -0.25) is 4.79 Å². The van der Waals surface area contributed by atoms with Crippen molar-refractivity contribution in [2.75, 3.05) is 20.8 Å². The number of methoxy groups -OCH3 is 2. The maximum absolute atomic E-state index is 12.1. The Kier molecular flexibility index (Phi) is 12.3.